The van der Waals surface area contributed by atoms with E-state index in [1.54, 1.807) is 4.58 Å². The molecule has 1 aromatic carbocycles. The molecule has 152 valence electrons. The standard InChI is InChI=1S/C22H24N2O5/c1-4-22-10-7-11-24(21(22)29-18(19(22)26)20(27)28-3)17(25)12-14-13-23(2)16-9-6-5-8-15(14)16/h5-6,8-9,13H,4,7,10-12H2,1-3H3. The number of nitrogens with zero attached hydrogens (tertiary/aromatic N) is 2. The molecule has 0 N–H and O–H groups in total. The van der Waals surface area contributed by atoms with Crippen molar-refractivity contribution in [2.75, 3.05) is 13.7 Å². The number of ether oxygens (including phenoxy) is 2. The van der Waals surface area contributed by atoms with Gasteiger partial charge < -0.3 is 19.1 Å². The molecule has 1 atom stereocenters. The molecule has 0 spiro atoms. The molecule has 2 aromatic rings. The van der Waals surface area contributed by atoms with Gasteiger partial charge in [-0.3, -0.25) is 0 Å². The number of rotatable bonds is 4. The molecule has 1 unspecified atom stereocenters. The summed E-state index contributed by atoms with van der Waals surface area (Å²) in [5, 5.41) is 14.0. The van der Waals surface area contributed by atoms with Gasteiger partial charge in [-0.05, 0) is 24.5 Å². The van der Waals surface area contributed by atoms with E-state index in [4.69, 9.17) is 9.47 Å². The van der Waals surface area contributed by atoms with Gasteiger partial charge in [0.05, 0.1) is 7.11 Å². The summed E-state index contributed by atoms with van der Waals surface area (Å²) < 4.78 is 13.9. The van der Waals surface area contributed by atoms with Crippen LogP contribution in [-0.2, 0) is 32.5 Å². The molecule has 3 heterocycles. The second kappa shape index (κ2) is 7.06. The molecule has 1 amide bonds. The van der Waals surface area contributed by atoms with E-state index in [1.165, 1.54) is 7.11 Å². The maximum atomic E-state index is 13.3. The van der Waals surface area contributed by atoms with E-state index in [2.05, 4.69) is 0 Å². The van der Waals surface area contributed by atoms with Crippen LogP contribution in [0.4, 0.5) is 0 Å². The zero-order valence-electron chi connectivity index (χ0n) is 16.9. The van der Waals surface area contributed by atoms with Crippen molar-refractivity contribution in [3.05, 3.63) is 47.5 Å². The predicted molar refractivity (Wildman–Crippen MR) is 104 cm³/mol. The molecule has 0 fully saturated rings. The molecular formula is C22H24N2O5. The number of aromatic nitrogens is 1. The fourth-order valence-corrected chi connectivity index (χ4v) is 4.51. The largest absolute Gasteiger partial charge is 0.872 e. The molecule has 1 aromatic heterocycles. The molecule has 2 aliphatic rings. The smallest absolute Gasteiger partial charge is 0.394 e. The first-order valence-corrected chi connectivity index (χ1v) is 9.81. The van der Waals surface area contributed by atoms with Crippen molar-refractivity contribution in [2.45, 2.75) is 32.6 Å². The van der Waals surface area contributed by atoms with Crippen molar-refractivity contribution in [3.8, 4) is 0 Å². The third-order valence-electron chi connectivity index (χ3n) is 6.08. The Bertz CT molecular complexity index is 1080. The maximum absolute atomic E-state index is 13.3. The predicted octanol–water partition coefficient (Wildman–Crippen LogP) is 1.62. The van der Waals surface area contributed by atoms with E-state index in [0.29, 0.717) is 25.8 Å². The van der Waals surface area contributed by atoms with Crippen LogP contribution in [0, 0.1) is 5.41 Å². The number of methoxy groups -OCH3 is 1. The number of amides is 1. The lowest BCUT2D eigenvalue weighted by molar-refractivity contribution is -0.469. The molecule has 0 radical (unpaired) electrons. The first-order chi connectivity index (χ1) is 13.9. The molecule has 7 nitrogen and oxygen atoms in total. The topological polar surface area (TPSA) is 83.6 Å². The monoisotopic (exact) mass is 396 g/mol. The average Bonchev–Trinajstić information content (AvgIpc) is 3.22. The molecule has 0 bridgehead atoms. The van der Waals surface area contributed by atoms with Crippen molar-refractivity contribution < 1.29 is 28.7 Å². The van der Waals surface area contributed by atoms with Crippen LogP contribution in [0.3, 0.4) is 0 Å². The third-order valence-corrected chi connectivity index (χ3v) is 6.08. The second-order valence-electron chi connectivity index (χ2n) is 7.60. The van der Waals surface area contributed by atoms with Crippen molar-refractivity contribution in [1.82, 2.24) is 4.57 Å². The van der Waals surface area contributed by atoms with Crippen LogP contribution in [0.25, 0.3) is 10.9 Å². The summed E-state index contributed by atoms with van der Waals surface area (Å²) in [7, 11) is 3.16. The highest BCUT2D eigenvalue weighted by Gasteiger charge is 2.54. The zero-order chi connectivity index (χ0) is 20.8. The molecular weight excluding hydrogens is 372 g/mol. The van der Waals surface area contributed by atoms with Gasteiger partial charge >= 0.3 is 17.8 Å². The highest BCUT2D eigenvalue weighted by molar-refractivity contribution is 5.99. The summed E-state index contributed by atoms with van der Waals surface area (Å²) in [5.74, 6) is -1.38. The van der Waals surface area contributed by atoms with E-state index in [1.807, 2.05) is 49.0 Å². The van der Waals surface area contributed by atoms with Crippen LogP contribution < -0.4 is 5.11 Å². The number of esters is 1. The lowest BCUT2D eigenvalue weighted by Gasteiger charge is -2.32. The second-order valence-corrected chi connectivity index (χ2v) is 7.60. The van der Waals surface area contributed by atoms with Gasteiger partial charge in [0.15, 0.2) is 6.54 Å². The third kappa shape index (κ3) is 2.84. The van der Waals surface area contributed by atoms with Crippen LogP contribution in [0.15, 0.2) is 42.0 Å². The Kier molecular flexibility index (Phi) is 4.68. The fourth-order valence-electron chi connectivity index (χ4n) is 4.51. The van der Waals surface area contributed by atoms with Gasteiger partial charge in [0.2, 0.25) is 5.76 Å². The van der Waals surface area contributed by atoms with Crippen LogP contribution in [0.2, 0.25) is 0 Å². The Balaban J connectivity index is 1.73. The van der Waals surface area contributed by atoms with Gasteiger partial charge in [-0.1, -0.05) is 30.9 Å². The minimum atomic E-state index is -0.962. The lowest BCUT2D eigenvalue weighted by atomic mass is 9.77. The Morgan fingerprint density at radius 3 is 2.83 bits per heavy atom. The summed E-state index contributed by atoms with van der Waals surface area (Å²) in [4.78, 5) is 25.3. The number of fused-ring (bicyclic) bond motifs is 2. The zero-order valence-corrected chi connectivity index (χ0v) is 16.9. The molecule has 4 rings (SSSR count). The Morgan fingerprint density at radius 1 is 1.34 bits per heavy atom. The fraction of sp³-hybridized carbons (Fsp3) is 0.409. The Labute approximate surface area is 168 Å². The average molecular weight is 396 g/mol. The lowest BCUT2D eigenvalue weighted by Crippen LogP contribution is -2.46. The first-order valence-electron chi connectivity index (χ1n) is 9.81. The van der Waals surface area contributed by atoms with Gasteiger partial charge in [0.1, 0.15) is 11.8 Å². The summed E-state index contributed by atoms with van der Waals surface area (Å²) in [6.45, 7) is 2.34. The van der Waals surface area contributed by atoms with E-state index in [9.17, 15) is 14.7 Å². The number of carbonyl (C=O) groups excluding carboxylic acids is 2. The van der Waals surface area contributed by atoms with Crippen LogP contribution >= 0.6 is 0 Å². The number of carbonyl (C=O) groups is 2. The Hall–Kier alpha value is -3.09. The summed E-state index contributed by atoms with van der Waals surface area (Å²) in [6, 6.07) is 7.92. The van der Waals surface area contributed by atoms with E-state index in [0.717, 1.165) is 16.5 Å². The molecule has 0 aliphatic carbocycles. The van der Waals surface area contributed by atoms with Gasteiger partial charge in [0.25, 0.3) is 0 Å². The van der Waals surface area contributed by atoms with Crippen LogP contribution in [0.5, 0.6) is 0 Å². The van der Waals surface area contributed by atoms with E-state index < -0.39 is 11.4 Å². The van der Waals surface area contributed by atoms with E-state index >= 15 is 0 Å². The molecule has 0 saturated carbocycles. The van der Waals surface area contributed by atoms with Gasteiger partial charge in [-0.2, -0.15) is 0 Å². The summed E-state index contributed by atoms with van der Waals surface area (Å²) in [6.07, 6.45) is 3.82. The number of aryl methyl sites for hydroxylation is 1. The number of para-hydroxylation sites is 1. The highest BCUT2D eigenvalue weighted by atomic mass is 16.6. The maximum Gasteiger partial charge on any atom is 0.394 e. The molecule has 2 aliphatic heterocycles. The molecule has 0 saturated heterocycles. The van der Waals surface area contributed by atoms with Crippen molar-refractivity contribution in [3.63, 3.8) is 0 Å². The molecule has 29 heavy (non-hydrogen) atoms. The first kappa shape index (κ1) is 19.2. The number of hydrogen-bond acceptors (Lipinski definition) is 5. The quantitative estimate of drug-likeness (QED) is 0.579. The van der Waals surface area contributed by atoms with Crippen LogP contribution in [-0.4, -0.2) is 40.6 Å². The molecule has 7 heteroatoms. The van der Waals surface area contributed by atoms with Crippen molar-refractivity contribution >= 4 is 28.7 Å². The van der Waals surface area contributed by atoms with Gasteiger partial charge in [0, 0.05) is 30.6 Å². The summed E-state index contributed by atoms with van der Waals surface area (Å²) >= 11 is 0. The van der Waals surface area contributed by atoms with Crippen molar-refractivity contribution in [1.29, 1.82) is 0 Å². The minimum absolute atomic E-state index is 0.146. The van der Waals surface area contributed by atoms with E-state index in [-0.39, 0.29) is 29.7 Å². The normalized spacial score (nSPS) is 21.3. The minimum Gasteiger partial charge on any atom is -0.872 e. The highest BCUT2D eigenvalue weighted by Crippen LogP contribution is 2.45. The number of hydrogen-bond donors (Lipinski definition) is 0. The SMILES string of the molecule is CCC12CCC[N+](C(=O)Cc3cn(C)c4ccccc34)=C1OC(C(=O)OC)=C2[O-]. The summed E-state index contributed by atoms with van der Waals surface area (Å²) in [5.41, 5.74) is 1.01. The number of benzene rings is 1. The van der Waals surface area contributed by atoms with Gasteiger partial charge in [-0.25, -0.2) is 9.59 Å². The van der Waals surface area contributed by atoms with Gasteiger partial charge in [-0.15, -0.1) is 4.58 Å². The van der Waals surface area contributed by atoms with Crippen LogP contribution in [0.1, 0.15) is 31.7 Å². The Morgan fingerprint density at radius 2 is 2.10 bits per heavy atom. The van der Waals surface area contributed by atoms with Crippen molar-refractivity contribution in [2.24, 2.45) is 12.5 Å².